The number of aliphatic hydroxyl groups excluding tert-OH is 1. The fraction of sp³-hybridized carbons (Fsp3) is 0.333. The summed E-state index contributed by atoms with van der Waals surface area (Å²) in [4.78, 5) is 24.9. The van der Waals surface area contributed by atoms with Gasteiger partial charge in [0, 0.05) is 46.3 Å². The van der Waals surface area contributed by atoms with E-state index in [0.29, 0.717) is 5.56 Å². The lowest BCUT2D eigenvalue weighted by molar-refractivity contribution is -0.187. The highest BCUT2D eigenvalue weighted by Crippen LogP contribution is 2.39. The quantitative estimate of drug-likeness (QED) is 0.560. The standard InChI is InChI=1S/C21H19ClF4N2O3/c1-10(21(24,25)26)11(9-29)7-17(30)27-16-4-2-3-13-18(16)19(28-20(13)31)14-8-12(23)5-6-15(14)22/h2-6,8,10-11,19,29H,7,9H2,1H3,(H,27,30)(H,28,31). The van der Waals surface area contributed by atoms with E-state index in [1.165, 1.54) is 24.3 Å². The lowest BCUT2D eigenvalue weighted by Crippen LogP contribution is -2.32. The van der Waals surface area contributed by atoms with Crippen LogP contribution in [0.2, 0.25) is 5.02 Å². The number of benzene rings is 2. The highest BCUT2D eigenvalue weighted by Gasteiger charge is 2.41. The van der Waals surface area contributed by atoms with Gasteiger partial charge < -0.3 is 15.7 Å². The Labute approximate surface area is 180 Å². The molecule has 3 rings (SSSR count). The molecular weight excluding hydrogens is 440 g/mol. The number of carbonyl (C=O) groups excluding carboxylic acids is 2. The first-order valence-electron chi connectivity index (χ1n) is 9.39. The minimum absolute atomic E-state index is 0.183. The molecule has 2 aromatic carbocycles. The fourth-order valence-electron chi connectivity index (χ4n) is 3.54. The molecular formula is C21H19ClF4N2O3. The van der Waals surface area contributed by atoms with Crippen LogP contribution < -0.4 is 10.6 Å². The number of aliphatic hydroxyl groups is 1. The Bertz CT molecular complexity index is 1010. The van der Waals surface area contributed by atoms with Crippen LogP contribution >= 0.6 is 11.6 Å². The van der Waals surface area contributed by atoms with Crippen LogP contribution in [-0.2, 0) is 4.79 Å². The van der Waals surface area contributed by atoms with Crippen LogP contribution in [0.1, 0.15) is 40.9 Å². The van der Waals surface area contributed by atoms with Crippen molar-refractivity contribution < 1.29 is 32.3 Å². The smallest absolute Gasteiger partial charge is 0.391 e. The van der Waals surface area contributed by atoms with Gasteiger partial charge in [-0.3, -0.25) is 9.59 Å². The summed E-state index contributed by atoms with van der Waals surface area (Å²) >= 11 is 6.17. The van der Waals surface area contributed by atoms with E-state index in [4.69, 9.17) is 11.6 Å². The van der Waals surface area contributed by atoms with E-state index in [0.717, 1.165) is 19.1 Å². The predicted octanol–water partition coefficient (Wildman–Crippen LogP) is 4.45. The van der Waals surface area contributed by atoms with Crippen LogP contribution in [0.25, 0.3) is 0 Å². The van der Waals surface area contributed by atoms with E-state index in [1.54, 1.807) is 0 Å². The molecule has 0 saturated heterocycles. The Hall–Kier alpha value is -2.65. The molecule has 10 heteroatoms. The Morgan fingerprint density at radius 1 is 1.29 bits per heavy atom. The lowest BCUT2D eigenvalue weighted by atomic mass is 9.90. The number of alkyl halides is 3. The van der Waals surface area contributed by atoms with Crippen LogP contribution in [0.4, 0.5) is 23.2 Å². The molecule has 3 N–H and O–H groups in total. The number of hydrogen-bond acceptors (Lipinski definition) is 3. The maximum absolute atomic E-state index is 13.8. The number of carbonyl (C=O) groups is 2. The summed E-state index contributed by atoms with van der Waals surface area (Å²) in [6, 6.07) is 7.30. The predicted molar refractivity (Wildman–Crippen MR) is 106 cm³/mol. The molecule has 2 amide bonds. The molecule has 0 bridgehead atoms. The third kappa shape index (κ3) is 4.83. The zero-order chi connectivity index (χ0) is 22.9. The van der Waals surface area contributed by atoms with Gasteiger partial charge in [-0.1, -0.05) is 24.6 Å². The van der Waals surface area contributed by atoms with Gasteiger partial charge in [-0.15, -0.1) is 0 Å². The average molecular weight is 459 g/mol. The summed E-state index contributed by atoms with van der Waals surface area (Å²) in [7, 11) is 0. The van der Waals surface area contributed by atoms with Crippen LogP contribution in [0, 0.1) is 17.7 Å². The fourth-order valence-corrected chi connectivity index (χ4v) is 3.77. The third-order valence-corrected chi connectivity index (χ3v) is 5.71. The maximum Gasteiger partial charge on any atom is 0.391 e. The molecule has 3 unspecified atom stereocenters. The molecule has 3 atom stereocenters. The molecule has 0 aromatic heterocycles. The normalized spacial score (nSPS) is 17.6. The molecule has 0 spiro atoms. The molecule has 1 heterocycles. The molecule has 31 heavy (non-hydrogen) atoms. The summed E-state index contributed by atoms with van der Waals surface area (Å²) in [5.41, 5.74) is 1.01. The van der Waals surface area contributed by atoms with Gasteiger partial charge in [-0.05, 0) is 30.3 Å². The zero-order valence-corrected chi connectivity index (χ0v) is 17.0. The number of amides is 2. The largest absolute Gasteiger partial charge is 0.396 e. The van der Waals surface area contributed by atoms with Gasteiger partial charge in [-0.2, -0.15) is 13.2 Å². The van der Waals surface area contributed by atoms with Crippen molar-refractivity contribution in [2.75, 3.05) is 11.9 Å². The molecule has 166 valence electrons. The molecule has 0 aliphatic carbocycles. The number of anilines is 1. The van der Waals surface area contributed by atoms with Gasteiger partial charge in [0.2, 0.25) is 5.91 Å². The van der Waals surface area contributed by atoms with Crippen molar-refractivity contribution in [3.05, 3.63) is 63.9 Å². The SMILES string of the molecule is CC(C(CO)CC(=O)Nc1cccc2c1C(c1cc(F)ccc1Cl)NC2=O)C(F)(F)F. The summed E-state index contributed by atoms with van der Waals surface area (Å²) in [5, 5.41) is 14.7. The van der Waals surface area contributed by atoms with Gasteiger partial charge in [-0.25, -0.2) is 4.39 Å². The average Bonchev–Trinajstić information content (AvgIpc) is 3.04. The number of halogens is 5. The Morgan fingerprint density at radius 2 is 2.00 bits per heavy atom. The monoisotopic (exact) mass is 458 g/mol. The molecule has 1 aliphatic rings. The topological polar surface area (TPSA) is 78.4 Å². The van der Waals surface area contributed by atoms with Crippen molar-refractivity contribution in [1.29, 1.82) is 0 Å². The van der Waals surface area contributed by atoms with Crippen LogP contribution in [0.15, 0.2) is 36.4 Å². The molecule has 1 aliphatic heterocycles. The lowest BCUT2D eigenvalue weighted by Gasteiger charge is -2.24. The first-order chi connectivity index (χ1) is 14.5. The van der Waals surface area contributed by atoms with Crippen molar-refractivity contribution in [3.8, 4) is 0 Å². The molecule has 0 saturated carbocycles. The first-order valence-corrected chi connectivity index (χ1v) is 9.76. The minimum Gasteiger partial charge on any atom is -0.396 e. The van der Waals surface area contributed by atoms with Crippen molar-refractivity contribution in [3.63, 3.8) is 0 Å². The Morgan fingerprint density at radius 3 is 2.65 bits per heavy atom. The van der Waals surface area contributed by atoms with Crippen molar-refractivity contribution in [2.24, 2.45) is 11.8 Å². The molecule has 0 radical (unpaired) electrons. The summed E-state index contributed by atoms with van der Waals surface area (Å²) in [6.45, 7) is 0.0848. The molecule has 5 nitrogen and oxygen atoms in total. The molecule has 2 aromatic rings. The Balaban J connectivity index is 1.90. The van der Waals surface area contributed by atoms with E-state index < -0.39 is 54.7 Å². The second-order valence-corrected chi connectivity index (χ2v) is 7.77. The first kappa shape index (κ1) is 23.0. The number of fused-ring (bicyclic) bond motifs is 1. The van der Waals surface area contributed by atoms with Crippen molar-refractivity contribution >= 4 is 29.1 Å². The van der Waals surface area contributed by atoms with Gasteiger partial charge in [0.25, 0.3) is 5.91 Å². The van der Waals surface area contributed by atoms with Crippen molar-refractivity contribution in [2.45, 2.75) is 25.6 Å². The van der Waals surface area contributed by atoms with E-state index in [9.17, 15) is 32.3 Å². The summed E-state index contributed by atoms with van der Waals surface area (Å²) in [6.07, 6.45) is -5.13. The van der Waals surface area contributed by atoms with Crippen LogP contribution in [0.3, 0.4) is 0 Å². The van der Waals surface area contributed by atoms with Crippen LogP contribution in [-0.4, -0.2) is 29.7 Å². The van der Waals surface area contributed by atoms with E-state index in [2.05, 4.69) is 10.6 Å². The highest BCUT2D eigenvalue weighted by molar-refractivity contribution is 6.31. The number of hydrogen-bond donors (Lipinski definition) is 3. The van der Waals surface area contributed by atoms with Crippen molar-refractivity contribution in [1.82, 2.24) is 5.32 Å². The second kappa shape index (κ2) is 8.84. The summed E-state index contributed by atoms with van der Waals surface area (Å²) < 4.78 is 52.7. The highest BCUT2D eigenvalue weighted by atomic mass is 35.5. The molecule has 0 fully saturated rings. The maximum atomic E-state index is 13.8. The van der Waals surface area contributed by atoms with Gasteiger partial charge in [0.05, 0.1) is 12.0 Å². The van der Waals surface area contributed by atoms with Gasteiger partial charge >= 0.3 is 6.18 Å². The zero-order valence-electron chi connectivity index (χ0n) is 16.3. The summed E-state index contributed by atoms with van der Waals surface area (Å²) in [5.74, 6) is -5.00. The number of rotatable bonds is 6. The van der Waals surface area contributed by atoms with Crippen LogP contribution in [0.5, 0.6) is 0 Å². The number of nitrogens with one attached hydrogen (secondary N) is 2. The van der Waals surface area contributed by atoms with Gasteiger partial charge in [0.1, 0.15) is 5.82 Å². The van der Waals surface area contributed by atoms with E-state index in [-0.39, 0.29) is 21.8 Å². The van der Waals surface area contributed by atoms with E-state index >= 15 is 0 Å². The second-order valence-electron chi connectivity index (χ2n) is 7.36. The third-order valence-electron chi connectivity index (χ3n) is 5.36. The van der Waals surface area contributed by atoms with Gasteiger partial charge in [0.15, 0.2) is 0 Å². The minimum atomic E-state index is -4.56. The Kier molecular flexibility index (Phi) is 6.56. The van der Waals surface area contributed by atoms with E-state index in [1.807, 2.05) is 0 Å².